The third kappa shape index (κ3) is 5.13. The number of hydrogen-bond acceptors (Lipinski definition) is 4. The van der Waals surface area contributed by atoms with Crippen LogP contribution in [0.5, 0.6) is 5.75 Å². The van der Waals surface area contributed by atoms with E-state index in [-0.39, 0.29) is 18.0 Å². The van der Waals surface area contributed by atoms with Crippen LogP contribution in [0.25, 0.3) is 0 Å². The van der Waals surface area contributed by atoms with Gasteiger partial charge in [-0.2, -0.15) is 0 Å². The molecule has 0 unspecified atom stereocenters. The SMILES string of the molecule is COc1cccc(N2C[C@H](NC(=O)NCCCN(C)C)CC2=O)c1. The van der Waals surface area contributed by atoms with Crippen molar-refractivity contribution < 1.29 is 14.3 Å². The summed E-state index contributed by atoms with van der Waals surface area (Å²) in [5.74, 6) is 0.705. The number of carbonyl (C=O) groups is 2. The van der Waals surface area contributed by atoms with Crippen LogP contribution in [0.1, 0.15) is 12.8 Å². The minimum absolute atomic E-state index is 0.00107. The lowest BCUT2D eigenvalue weighted by atomic mass is 10.2. The Balaban J connectivity index is 1.82. The molecule has 0 saturated carbocycles. The van der Waals surface area contributed by atoms with Gasteiger partial charge in [-0.3, -0.25) is 4.79 Å². The molecule has 1 aromatic rings. The molecule has 1 fully saturated rings. The lowest BCUT2D eigenvalue weighted by molar-refractivity contribution is -0.117. The highest BCUT2D eigenvalue weighted by Gasteiger charge is 2.31. The lowest BCUT2D eigenvalue weighted by Crippen LogP contribution is -2.43. The highest BCUT2D eigenvalue weighted by atomic mass is 16.5. The molecule has 1 aliphatic heterocycles. The Bertz CT molecular complexity index is 577. The van der Waals surface area contributed by atoms with Gasteiger partial charge in [0.1, 0.15) is 5.75 Å². The van der Waals surface area contributed by atoms with Gasteiger partial charge >= 0.3 is 6.03 Å². The van der Waals surface area contributed by atoms with Crippen LogP contribution >= 0.6 is 0 Å². The number of urea groups is 1. The summed E-state index contributed by atoms with van der Waals surface area (Å²) in [6.07, 6.45) is 1.20. The molecule has 0 spiro atoms. The highest BCUT2D eigenvalue weighted by molar-refractivity contribution is 5.97. The summed E-state index contributed by atoms with van der Waals surface area (Å²) in [6, 6.07) is 6.96. The van der Waals surface area contributed by atoms with Crippen molar-refractivity contribution >= 4 is 17.6 Å². The quantitative estimate of drug-likeness (QED) is 0.731. The molecule has 1 heterocycles. The Morgan fingerprint density at radius 3 is 2.92 bits per heavy atom. The summed E-state index contributed by atoms with van der Waals surface area (Å²) < 4.78 is 5.19. The van der Waals surface area contributed by atoms with Crippen LogP contribution in [0.4, 0.5) is 10.5 Å². The average molecular weight is 334 g/mol. The van der Waals surface area contributed by atoms with E-state index in [4.69, 9.17) is 4.74 Å². The molecule has 0 aliphatic carbocycles. The maximum absolute atomic E-state index is 12.2. The molecular weight excluding hydrogens is 308 g/mol. The number of nitrogens with zero attached hydrogens (tertiary/aromatic N) is 2. The van der Waals surface area contributed by atoms with Gasteiger partial charge in [0.2, 0.25) is 5.91 Å². The molecule has 2 rings (SSSR count). The van der Waals surface area contributed by atoms with E-state index in [9.17, 15) is 9.59 Å². The minimum atomic E-state index is -0.223. The number of rotatable bonds is 7. The van der Waals surface area contributed by atoms with E-state index in [0.29, 0.717) is 25.3 Å². The van der Waals surface area contributed by atoms with Crippen LogP contribution in [0.15, 0.2) is 24.3 Å². The monoisotopic (exact) mass is 334 g/mol. The molecule has 1 aromatic carbocycles. The Kier molecular flexibility index (Phi) is 6.43. The number of amides is 3. The molecule has 7 heteroatoms. The van der Waals surface area contributed by atoms with Crippen LogP contribution < -0.4 is 20.3 Å². The van der Waals surface area contributed by atoms with E-state index in [0.717, 1.165) is 18.7 Å². The number of hydrogen-bond donors (Lipinski definition) is 2. The minimum Gasteiger partial charge on any atom is -0.497 e. The maximum Gasteiger partial charge on any atom is 0.315 e. The van der Waals surface area contributed by atoms with E-state index in [1.54, 1.807) is 12.0 Å². The number of anilines is 1. The first-order valence-corrected chi connectivity index (χ1v) is 8.13. The fraction of sp³-hybridized carbons (Fsp3) is 0.529. The molecule has 3 amide bonds. The molecule has 2 N–H and O–H groups in total. The number of carbonyl (C=O) groups excluding carboxylic acids is 2. The largest absolute Gasteiger partial charge is 0.497 e. The van der Waals surface area contributed by atoms with Crippen molar-refractivity contribution in [2.45, 2.75) is 18.9 Å². The molecule has 1 atom stereocenters. The Hall–Kier alpha value is -2.28. The predicted octanol–water partition coefficient (Wildman–Crippen LogP) is 1.05. The average Bonchev–Trinajstić information content (AvgIpc) is 2.91. The van der Waals surface area contributed by atoms with E-state index >= 15 is 0 Å². The van der Waals surface area contributed by atoms with Gasteiger partial charge in [0.15, 0.2) is 0 Å². The standard InChI is InChI=1S/C17H26N4O3/c1-20(2)9-5-8-18-17(23)19-13-10-16(22)21(12-13)14-6-4-7-15(11-14)24-3/h4,6-7,11,13H,5,8-10,12H2,1-3H3,(H2,18,19,23)/t13-/m1/s1. The van der Waals surface area contributed by atoms with Gasteiger partial charge in [-0.15, -0.1) is 0 Å². The second-order valence-electron chi connectivity index (χ2n) is 6.16. The van der Waals surface area contributed by atoms with E-state index in [1.165, 1.54) is 0 Å². The summed E-state index contributed by atoms with van der Waals surface area (Å²) >= 11 is 0. The summed E-state index contributed by atoms with van der Waals surface area (Å²) in [4.78, 5) is 27.9. The van der Waals surface area contributed by atoms with E-state index < -0.39 is 0 Å². The summed E-state index contributed by atoms with van der Waals surface area (Å²) in [6.45, 7) is 2.01. The highest BCUT2D eigenvalue weighted by Crippen LogP contribution is 2.25. The van der Waals surface area contributed by atoms with Crippen molar-refractivity contribution in [3.05, 3.63) is 24.3 Å². The molecular formula is C17H26N4O3. The normalized spacial score (nSPS) is 17.2. The van der Waals surface area contributed by atoms with Gasteiger partial charge < -0.3 is 25.2 Å². The van der Waals surface area contributed by atoms with Crippen molar-refractivity contribution in [2.24, 2.45) is 0 Å². The molecule has 132 valence electrons. The zero-order valence-corrected chi connectivity index (χ0v) is 14.5. The number of ether oxygens (including phenoxy) is 1. The first-order chi connectivity index (χ1) is 11.5. The fourth-order valence-corrected chi connectivity index (χ4v) is 2.67. The van der Waals surface area contributed by atoms with Gasteiger partial charge in [0.05, 0.1) is 13.2 Å². The van der Waals surface area contributed by atoms with Gasteiger partial charge in [0, 0.05) is 31.3 Å². The van der Waals surface area contributed by atoms with E-state index in [2.05, 4.69) is 15.5 Å². The maximum atomic E-state index is 12.2. The van der Waals surface area contributed by atoms with Crippen LogP contribution in [-0.4, -0.2) is 63.7 Å². The molecule has 1 aliphatic rings. The van der Waals surface area contributed by atoms with Gasteiger partial charge in [-0.25, -0.2) is 4.79 Å². The van der Waals surface area contributed by atoms with Crippen LogP contribution in [0, 0.1) is 0 Å². The van der Waals surface area contributed by atoms with Crippen molar-refractivity contribution in [1.29, 1.82) is 0 Å². The Morgan fingerprint density at radius 1 is 1.42 bits per heavy atom. The Labute approximate surface area is 142 Å². The second-order valence-corrected chi connectivity index (χ2v) is 6.16. The molecule has 0 bridgehead atoms. The zero-order chi connectivity index (χ0) is 17.5. The third-order valence-electron chi connectivity index (χ3n) is 3.89. The van der Waals surface area contributed by atoms with Crippen molar-refractivity contribution in [3.8, 4) is 5.75 Å². The fourth-order valence-electron chi connectivity index (χ4n) is 2.67. The number of nitrogens with one attached hydrogen (secondary N) is 2. The van der Waals surface area contributed by atoms with E-state index in [1.807, 2.05) is 38.4 Å². The van der Waals surface area contributed by atoms with Crippen molar-refractivity contribution in [1.82, 2.24) is 15.5 Å². The molecule has 24 heavy (non-hydrogen) atoms. The van der Waals surface area contributed by atoms with Crippen molar-refractivity contribution in [2.75, 3.05) is 45.7 Å². The number of methoxy groups -OCH3 is 1. The topological polar surface area (TPSA) is 73.9 Å². The van der Waals surface area contributed by atoms with Crippen molar-refractivity contribution in [3.63, 3.8) is 0 Å². The van der Waals surface area contributed by atoms with Crippen LogP contribution in [0.2, 0.25) is 0 Å². The first-order valence-electron chi connectivity index (χ1n) is 8.13. The summed E-state index contributed by atoms with van der Waals surface area (Å²) in [5, 5.41) is 5.69. The van der Waals surface area contributed by atoms with Gasteiger partial charge in [-0.1, -0.05) is 6.07 Å². The molecule has 1 saturated heterocycles. The van der Waals surface area contributed by atoms with Gasteiger partial charge in [-0.05, 0) is 39.2 Å². The van der Waals surface area contributed by atoms with Gasteiger partial charge in [0.25, 0.3) is 0 Å². The third-order valence-corrected chi connectivity index (χ3v) is 3.89. The molecule has 0 radical (unpaired) electrons. The second kappa shape index (κ2) is 8.54. The zero-order valence-electron chi connectivity index (χ0n) is 14.5. The molecule has 7 nitrogen and oxygen atoms in total. The predicted molar refractivity (Wildman–Crippen MR) is 93.5 cm³/mol. The lowest BCUT2D eigenvalue weighted by Gasteiger charge is -2.18. The number of benzene rings is 1. The summed E-state index contributed by atoms with van der Waals surface area (Å²) in [5.41, 5.74) is 0.787. The summed E-state index contributed by atoms with van der Waals surface area (Å²) in [7, 11) is 5.59. The van der Waals surface area contributed by atoms with Crippen LogP contribution in [-0.2, 0) is 4.79 Å². The smallest absolute Gasteiger partial charge is 0.315 e. The molecule has 0 aromatic heterocycles. The first kappa shape index (κ1) is 18.1. The Morgan fingerprint density at radius 2 is 2.21 bits per heavy atom. The van der Waals surface area contributed by atoms with Crippen LogP contribution in [0.3, 0.4) is 0 Å².